The molecule has 1 aromatic carbocycles. The molecule has 1 aliphatic heterocycles. The number of ether oxygens (including phenoxy) is 4. The van der Waals surface area contributed by atoms with Crippen molar-refractivity contribution in [2.45, 2.75) is 24.9 Å². The molecule has 0 unspecified atom stereocenters. The minimum absolute atomic E-state index is 0.00456. The number of aliphatic hydroxyl groups is 1. The fourth-order valence-corrected chi connectivity index (χ4v) is 3.10. The van der Waals surface area contributed by atoms with Gasteiger partial charge in [0.05, 0.1) is 34.0 Å². The molecule has 1 aliphatic rings. The molecule has 2 rings (SSSR count). The van der Waals surface area contributed by atoms with E-state index in [4.69, 9.17) is 18.9 Å². The Hall–Kier alpha value is -2.89. The van der Waals surface area contributed by atoms with Gasteiger partial charge < -0.3 is 34.7 Å². The van der Waals surface area contributed by atoms with Gasteiger partial charge in [-0.2, -0.15) is 13.2 Å². The Labute approximate surface area is 164 Å². The fraction of sp³-hybridized carbons (Fsp3) is 0.529. The van der Waals surface area contributed by atoms with Gasteiger partial charge in [0.1, 0.15) is 5.92 Å². The maximum absolute atomic E-state index is 13.7. The predicted octanol–water partition coefficient (Wildman–Crippen LogP) is 1.50. The highest BCUT2D eigenvalue weighted by molar-refractivity contribution is 5.83. The number of esters is 1. The number of benzene rings is 1. The Kier molecular flexibility index (Phi) is 6.36. The molecule has 1 fully saturated rings. The van der Waals surface area contributed by atoms with Crippen molar-refractivity contribution < 1.29 is 46.8 Å². The van der Waals surface area contributed by atoms with Gasteiger partial charge in [0.25, 0.3) is 5.72 Å². The van der Waals surface area contributed by atoms with Crippen molar-refractivity contribution >= 4 is 12.0 Å². The topological polar surface area (TPSA) is 115 Å². The Bertz CT molecular complexity index is 762. The van der Waals surface area contributed by atoms with Crippen LogP contribution in [0.3, 0.4) is 0 Å². The number of halogens is 3. The van der Waals surface area contributed by atoms with Crippen molar-refractivity contribution in [3.63, 3.8) is 0 Å². The van der Waals surface area contributed by atoms with Crippen LogP contribution in [0.2, 0.25) is 0 Å². The molecular formula is C17H21F3N2O7. The first kappa shape index (κ1) is 22.4. The molecule has 0 bridgehead atoms. The molecule has 12 heteroatoms. The number of urea groups is 1. The lowest BCUT2D eigenvalue weighted by Crippen LogP contribution is -2.73. The van der Waals surface area contributed by atoms with Gasteiger partial charge in [0, 0.05) is 0 Å². The number of nitrogens with one attached hydrogen (secondary N) is 2. The average molecular weight is 422 g/mol. The minimum Gasteiger partial charge on any atom is -0.493 e. The lowest BCUT2D eigenvalue weighted by Gasteiger charge is -2.44. The lowest BCUT2D eigenvalue weighted by atomic mass is 9.81. The smallest absolute Gasteiger partial charge is 0.437 e. The zero-order chi connectivity index (χ0) is 22.0. The second-order valence-electron chi connectivity index (χ2n) is 6.03. The van der Waals surface area contributed by atoms with Gasteiger partial charge in [-0.15, -0.1) is 0 Å². The molecule has 3 atom stereocenters. The molecule has 0 saturated carbocycles. The normalized spacial score (nSPS) is 24.2. The van der Waals surface area contributed by atoms with Crippen molar-refractivity contribution in [3.8, 4) is 17.2 Å². The first-order valence-electron chi connectivity index (χ1n) is 8.38. The van der Waals surface area contributed by atoms with Crippen LogP contribution in [0.15, 0.2) is 12.1 Å². The molecule has 162 valence electrons. The summed E-state index contributed by atoms with van der Waals surface area (Å²) in [5, 5.41) is 14.0. The van der Waals surface area contributed by atoms with Gasteiger partial charge in [-0.3, -0.25) is 4.79 Å². The summed E-state index contributed by atoms with van der Waals surface area (Å²) in [6.07, 6.45) is -5.37. The molecule has 2 amide bonds. The summed E-state index contributed by atoms with van der Waals surface area (Å²) in [5.74, 6) is -3.32. The van der Waals surface area contributed by atoms with Crippen LogP contribution in [0, 0.1) is 5.92 Å². The first-order valence-corrected chi connectivity index (χ1v) is 8.38. The summed E-state index contributed by atoms with van der Waals surface area (Å²) in [4.78, 5) is 24.4. The Morgan fingerprint density at radius 1 is 1.17 bits per heavy atom. The number of amides is 2. The summed E-state index contributed by atoms with van der Waals surface area (Å²) in [6, 6.07) is -0.423. The second-order valence-corrected chi connectivity index (χ2v) is 6.03. The van der Waals surface area contributed by atoms with Crippen molar-refractivity contribution in [1.82, 2.24) is 10.6 Å². The van der Waals surface area contributed by atoms with E-state index in [2.05, 4.69) is 5.32 Å². The van der Waals surface area contributed by atoms with Crippen molar-refractivity contribution in [3.05, 3.63) is 17.7 Å². The SMILES string of the molecule is CCOC(=O)[C@H]1[C@@H](c2cc(OC)c(OC)c(OC)c2)NC(=O)N[C@]1(O)C(F)(F)F. The van der Waals surface area contributed by atoms with E-state index in [0.717, 1.165) is 0 Å². The van der Waals surface area contributed by atoms with Crippen molar-refractivity contribution in [2.24, 2.45) is 5.92 Å². The first-order chi connectivity index (χ1) is 13.5. The molecular weight excluding hydrogens is 401 g/mol. The zero-order valence-corrected chi connectivity index (χ0v) is 16.0. The van der Waals surface area contributed by atoms with E-state index >= 15 is 0 Å². The largest absolute Gasteiger partial charge is 0.493 e. The van der Waals surface area contributed by atoms with E-state index < -0.39 is 35.9 Å². The highest BCUT2D eigenvalue weighted by Crippen LogP contribution is 2.46. The molecule has 9 nitrogen and oxygen atoms in total. The van der Waals surface area contributed by atoms with E-state index in [1.165, 1.54) is 45.7 Å². The summed E-state index contributed by atoms with van der Waals surface area (Å²) >= 11 is 0. The fourth-order valence-electron chi connectivity index (χ4n) is 3.10. The van der Waals surface area contributed by atoms with Crippen molar-refractivity contribution in [2.75, 3.05) is 27.9 Å². The summed E-state index contributed by atoms with van der Waals surface area (Å²) < 4.78 is 61.3. The van der Waals surface area contributed by atoms with Crippen LogP contribution >= 0.6 is 0 Å². The molecule has 0 radical (unpaired) electrons. The van der Waals surface area contributed by atoms with E-state index in [0.29, 0.717) is 0 Å². The number of hydrogen-bond acceptors (Lipinski definition) is 7. The van der Waals surface area contributed by atoms with Crippen LogP contribution in [-0.2, 0) is 9.53 Å². The van der Waals surface area contributed by atoms with Crippen LogP contribution in [0.25, 0.3) is 0 Å². The maximum Gasteiger partial charge on any atom is 0.437 e. The number of carbonyl (C=O) groups is 2. The Morgan fingerprint density at radius 3 is 2.14 bits per heavy atom. The quantitative estimate of drug-likeness (QED) is 0.595. The van der Waals surface area contributed by atoms with E-state index in [9.17, 15) is 27.9 Å². The summed E-state index contributed by atoms with van der Waals surface area (Å²) in [5.41, 5.74) is -3.87. The number of methoxy groups -OCH3 is 3. The monoisotopic (exact) mass is 422 g/mol. The van der Waals surface area contributed by atoms with E-state index in [1.54, 1.807) is 0 Å². The van der Waals surface area contributed by atoms with Crippen molar-refractivity contribution in [1.29, 1.82) is 0 Å². The van der Waals surface area contributed by atoms with Gasteiger partial charge in [0.15, 0.2) is 11.5 Å². The van der Waals surface area contributed by atoms with Crippen LogP contribution < -0.4 is 24.8 Å². The van der Waals surface area contributed by atoms with Gasteiger partial charge in [0.2, 0.25) is 5.75 Å². The predicted molar refractivity (Wildman–Crippen MR) is 91.6 cm³/mol. The third kappa shape index (κ3) is 3.97. The number of alkyl halides is 3. The highest BCUT2D eigenvalue weighted by Gasteiger charge is 2.67. The standard InChI is InChI=1S/C17H21F3N2O7/c1-5-29-14(23)11-12(21-15(24)22-16(11,25)17(18,19)20)8-6-9(26-2)13(28-4)10(7-8)27-3/h6-7,11-12,25H,5H2,1-4H3,(H2,21,22,24)/t11-,12-,16-/m1/s1. The van der Waals surface area contributed by atoms with Crippen LogP contribution in [0.4, 0.5) is 18.0 Å². The highest BCUT2D eigenvalue weighted by atomic mass is 19.4. The average Bonchev–Trinajstić information content (AvgIpc) is 2.65. The maximum atomic E-state index is 13.7. The third-order valence-electron chi connectivity index (χ3n) is 4.39. The minimum atomic E-state index is -5.37. The molecule has 0 spiro atoms. The van der Waals surface area contributed by atoms with E-state index in [1.807, 2.05) is 0 Å². The molecule has 1 saturated heterocycles. The second kappa shape index (κ2) is 8.23. The number of carbonyl (C=O) groups excluding carboxylic acids is 2. The van der Waals surface area contributed by atoms with Gasteiger partial charge in [-0.1, -0.05) is 0 Å². The molecule has 3 N–H and O–H groups in total. The summed E-state index contributed by atoms with van der Waals surface area (Å²) in [7, 11) is 3.91. The Morgan fingerprint density at radius 2 is 1.72 bits per heavy atom. The third-order valence-corrected chi connectivity index (χ3v) is 4.39. The Balaban J connectivity index is 2.70. The molecule has 29 heavy (non-hydrogen) atoms. The van der Waals surface area contributed by atoms with Crippen LogP contribution in [0.5, 0.6) is 17.2 Å². The van der Waals surface area contributed by atoms with Gasteiger partial charge in [-0.05, 0) is 24.6 Å². The molecule has 0 aromatic heterocycles. The van der Waals surface area contributed by atoms with E-state index in [-0.39, 0.29) is 29.4 Å². The van der Waals surface area contributed by atoms with Crippen LogP contribution in [-0.4, -0.2) is 56.9 Å². The lowest BCUT2D eigenvalue weighted by molar-refractivity contribution is -0.294. The zero-order valence-electron chi connectivity index (χ0n) is 16.0. The molecule has 1 aromatic rings. The van der Waals surface area contributed by atoms with Crippen LogP contribution in [0.1, 0.15) is 18.5 Å². The molecule has 0 aliphatic carbocycles. The van der Waals surface area contributed by atoms with Gasteiger partial charge in [-0.25, -0.2) is 4.79 Å². The number of hydrogen-bond donors (Lipinski definition) is 3. The summed E-state index contributed by atoms with van der Waals surface area (Å²) in [6.45, 7) is 1.16. The number of rotatable bonds is 6. The molecule has 1 heterocycles. The van der Waals surface area contributed by atoms with Gasteiger partial charge >= 0.3 is 18.2 Å².